The molecule has 3 rings (SSSR count). The second-order valence-electron chi connectivity index (χ2n) is 5.62. The predicted octanol–water partition coefficient (Wildman–Crippen LogP) is 3.85. The van der Waals surface area contributed by atoms with Crippen LogP contribution in [0.2, 0.25) is 0 Å². The molecule has 1 N–H and O–H groups in total. The molecule has 0 aliphatic rings. The maximum Gasteiger partial charge on any atom is 0.387 e. The van der Waals surface area contributed by atoms with Gasteiger partial charge in [-0.3, -0.25) is 4.79 Å². The molecule has 25 heavy (non-hydrogen) atoms. The van der Waals surface area contributed by atoms with Crippen LogP contribution in [0.5, 0.6) is 5.75 Å². The van der Waals surface area contributed by atoms with Gasteiger partial charge in [0.25, 0.3) is 5.91 Å². The van der Waals surface area contributed by atoms with Crippen molar-refractivity contribution in [1.29, 1.82) is 0 Å². The van der Waals surface area contributed by atoms with Gasteiger partial charge in [-0.15, -0.1) is 11.3 Å². The Balaban J connectivity index is 1.74. The molecule has 0 aliphatic carbocycles. The molecule has 0 saturated heterocycles. The number of rotatable bonds is 6. The summed E-state index contributed by atoms with van der Waals surface area (Å²) in [5.41, 5.74) is 0.906. The number of thiazole rings is 1. The van der Waals surface area contributed by atoms with Crippen molar-refractivity contribution in [3.63, 3.8) is 0 Å². The van der Waals surface area contributed by atoms with Crippen LogP contribution in [0, 0.1) is 6.92 Å². The van der Waals surface area contributed by atoms with Crippen LogP contribution in [-0.2, 0) is 6.42 Å². The lowest BCUT2D eigenvalue weighted by Crippen LogP contribution is -2.29. The molecule has 0 radical (unpaired) electrons. The van der Waals surface area contributed by atoms with Gasteiger partial charge < -0.3 is 14.6 Å². The normalized spacial score (nSPS) is 11.2. The number of carbonyl (C=O) groups excluding carboxylic acids is 1. The zero-order chi connectivity index (χ0) is 18.0. The molecule has 2 heterocycles. The van der Waals surface area contributed by atoms with E-state index < -0.39 is 6.61 Å². The van der Waals surface area contributed by atoms with Gasteiger partial charge in [0.15, 0.2) is 0 Å². The Morgan fingerprint density at radius 2 is 2.24 bits per heavy atom. The van der Waals surface area contributed by atoms with Crippen molar-refractivity contribution in [2.75, 3.05) is 13.6 Å². The maximum atomic E-state index is 12.6. The topological polar surface area (TPSA) is 58.2 Å². The van der Waals surface area contributed by atoms with Crippen LogP contribution in [0.25, 0.3) is 10.9 Å². The minimum absolute atomic E-state index is 0.0451. The van der Waals surface area contributed by atoms with Crippen LogP contribution in [0.15, 0.2) is 30.5 Å². The summed E-state index contributed by atoms with van der Waals surface area (Å²) in [5.74, 6) is -0.170. The zero-order valence-electron chi connectivity index (χ0n) is 13.8. The molecule has 132 valence electrons. The van der Waals surface area contributed by atoms with Gasteiger partial charge in [-0.25, -0.2) is 4.98 Å². The number of hydrogen-bond donors (Lipinski definition) is 1. The fourth-order valence-electron chi connectivity index (χ4n) is 2.53. The Hall–Kier alpha value is -2.48. The van der Waals surface area contributed by atoms with Crippen molar-refractivity contribution in [2.45, 2.75) is 20.0 Å². The third kappa shape index (κ3) is 3.96. The van der Waals surface area contributed by atoms with Gasteiger partial charge in [-0.1, -0.05) is 6.07 Å². The first kappa shape index (κ1) is 17.3. The summed E-state index contributed by atoms with van der Waals surface area (Å²) in [6.45, 7) is -0.412. The fourth-order valence-corrected chi connectivity index (χ4v) is 3.30. The van der Waals surface area contributed by atoms with E-state index >= 15 is 0 Å². The number of H-pyrrole nitrogens is 1. The van der Waals surface area contributed by atoms with Crippen molar-refractivity contribution in [3.05, 3.63) is 46.0 Å². The summed E-state index contributed by atoms with van der Waals surface area (Å²) in [6.07, 6.45) is 2.48. The minimum atomic E-state index is -2.91. The summed E-state index contributed by atoms with van der Waals surface area (Å²) in [7, 11) is 1.70. The fraction of sp³-hybridized carbons (Fsp3) is 0.294. The van der Waals surface area contributed by atoms with Crippen LogP contribution in [-0.4, -0.2) is 41.0 Å². The Labute approximate surface area is 147 Å². The first-order chi connectivity index (χ1) is 11.9. The highest BCUT2D eigenvalue weighted by atomic mass is 32.1. The van der Waals surface area contributed by atoms with Gasteiger partial charge in [-0.05, 0) is 25.1 Å². The van der Waals surface area contributed by atoms with E-state index in [0.717, 1.165) is 9.88 Å². The Morgan fingerprint density at radius 1 is 1.44 bits per heavy atom. The van der Waals surface area contributed by atoms with Gasteiger partial charge in [-0.2, -0.15) is 8.78 Å². The number of nitrogens with zero attached hydrogens (tertiary/aromatic N) is 2. The Kier molecular flexibility index (Phi) is 4.98. The molecule has 2 aromatic heterocycles. The number of alkyl halides is 2. The number of nitrogens with one attached hydrogen (secondary N) is 1. The van der Waals surface area contributed by atoms with E-state index in [-0.39, 0.29) is 11.7 Å². The standard InChI is InChI=1S/C17H17F2N3O2S/c1-10-9-20-15(25-10)6-7-22(2)16(23)13-8-11-12(21-13)4-3-5-14(11)24-17(18)19/h3-5,8-9,17,21H,6-7H2,1-2H3. The molecule has 0 aliphatic heterocycles. The molecule has 5 nitrogen and oxygen atoms in total. The lowest BCUT2D eigenvalue weighted by atomic mass is 10.2. The number of hydrogen-bond acceptors (Lipinski definition) is 4. The summed E-state index contributed by atoms with van der Waals surface area (Å²) >= 11 is 1.60. The molecule has 0 bridgehead atoms. The molecule has 0 unspecified atom stereocenters. The Morgan fingerprint density at radius 3 is 2.92 bits per heavy atom. The summed E-state index contributed by atoms with van der Waals surface area (Å²) in [5, 5.41) is 1.43. The summed E-state index contributed by atoms with van der Waals surface area (Å²) in [6, 6.07) is 6.30. The van der Waals surface area contributed by atoms with Crippen LogP contribution >= 0.6 is 11.3 Å². The Bertz CT molecular complexity index is 891. The SMILES string of the molecule is Cc1cnc(CCN(C)C(=O)c2cc3c(OC(F)F)cccc3[nH]2)s1. The number of benzene rings is 1. The third-order valence-corrected chi connectivity index (χ3v) is 4.72. The molecule has 1 aromatic carbocycles. The molecule has 3 aromatic rings. The third-order valence-electron chi connectivity index (χ3n) is 3.75. The van der Waals surface area contributed by atoms with Gasteiger partial charge in [0, 0.05) is 42.0 Å². The quantitative estimate of drug-likeness (QED) is 0.722. The number of ether oxygens (including phenoxy) is 1. The van der Waals surface area contributed by atoms with Crippen molar-refractivity contribution >= 4 is 28.1 Å². The van der Waals surface area contributed by atoms with E-state index in [0.29, 0.717) is 29.6 Å². The average molecular weight is 365 g/mol. The highest BCUT2D eigenvalue weighted by Crippen LogP contribution is 2.28. The van der Waals surface area contributed by atoms with Crippen LogP contribution in [0.3, 0.4) is 0 Å². The highest BCUT2D eigenvalue weighted by Gasteiger charge is 2.17. The minimum Gasteiger partial charge on any atom is -0.434 e. The van der Waals surface area contributed by atoms with Crippen LogP contribution in [0.1, 0.15) is 20.4 Å². The molecule has 8 heteroatoms. The van der Waals surface area contributed by atoms with E-state index in [1.807, 2.05) is 13.1 Å². The molecular weight excluding hydrogens is 348 g/mol. The molecule has 1 amide bonds. The number of likely N-dealkylation sites (N-methyl/N-ethyl adjacent to an activating group) is 1. The van der Waals surface area contributed by atoms with E-state index in [1.54, 1.807) is 41.5 Å². The highest BCUT2D eigenvalue weighted by molar-refractivity contribution is 7.11. The first-order valence-corrected chi connectivity index (χ1v) is 8.49. The lowest BCUT2D eigenvalue weighted by Gasteiger charge is -2.15. The van der Waals surface area contributed by atoms with Crippen LogP contribution < -0.4 is 4.74 Å². The smallest absolute Gasteiger partial charge is 0.387 e. The van der Waals surface area contributed by atoms with E-state index in [2.05, 4.69) is 14.7 Å². The predicted molar refractivity (Wildman–Crippen MR) is 92.4 cm³/mol. The average Bonchev–Trinajstić information content (AvgIpc) is 3.18. The molecule has 0 atom stereocenters. The number of amides is 1. The molecule has 0 spiro atoms. The first-order valence-electron chi connectivity index (χ1n) is 7.67. The van der Waals surface area contributed by atoms with E-state index in [9.17, 15) is 13.6 Å². The van der Waals surface area contributed by atoms with Crippen LogP contribution in [0.4, 0.5) is 8.78 Å². The van der Waals surface area contributed by atoms with Crippen molar-refractivity contribution in [1.82, 2.24) is 14.9 Å². The van der Waals surface area contributed by atoms with Crippen molar-refractivity contribution < 1.29 is 18.3 Å². The van der Waals surface area contributed by atoms with Crippen molar-refractivity contribution in [2.24, 2.45) is 0 Å². The number of aromatic amines is 1. The monoisotopic (exact) mass is 365 g/mol. The second-order valence-corrected chi connectivity index (χ2v) is 6.94. The largest absolute Gasteiger partial charge is 0.434 e. The summed E-state index contributed by atoms with van der Waals surface area (Å²) in [4.78, 5) is 22.5. The molecule has 0 saturated carbocycles. The van der Waals surface area contributed by atoms with Crippen molar-refractivity contribution in [3.8, 4) is 5.75 Å². The van der Waals surface area contributed by atoms with E-state index in [1.165, 1.54) is 6.07 Å². The van der Waals surface area contributed by atoms with Gasteiger partial charge >= 0.3 is 6.61 Å². The van der Waals surface area contributed by atoms with Gasteiger partial charge in [0.1, 0.15) is 11.4 Å². The number of aryl methyl sites for hydroxylation is 1. The second kappa shape index (κ2) is 7.18. The lowest BCUT2D eigenvalue weighted by molar-refractivity contribution is -0.0487. The summed E-state index contributed by atoms with van der Waals surface area (Å²) < 4.78 is 29.5. The number of fused-ring (bicyclic) bond motifs is 1. The zero-order valence-corrected chi connectivity index (χ0v) is 14.6. The van der Waals surface area contributed by atoms with Gasteiger partial charge in [0.05, 0.1) is 5.01 Å². The van der Waals surface area contributed by atoms with Gasteiger partial charge in [0.2, 0.25) is 0 Å². The number of halogens is 2. The van der Waals surface area contributed by atoms with E-state index in [4.69, 9.17) is 0 Å². The number of carbonyl (C=O) groups is 1. The molecule has 0 fully saturated rings. The molecular formula is C17H17F2N3O2S. The number of aromatic nitrogens is 2. The maximum absolute atomic E-state index is 12.6.